The van der Waals surface area contributed by atoms with Crippen LogP contribution in [0.2, 0.25) is 20.1 Å². The Morgan fingerprint density at radius 2 is 1.12 bits per heavy atom. The molecule has 0 aromatic heterocycles. The molecule has 0 bridgehead atoms. The zero-order valence-corrected chi connectivity index (χ0v) is 42.0. The predicted octanol–water partition coefficient (Wildman–Crippen LogP) is 10.1. The fraction of sp³-hybridized carbons (Fsp3) is 0.471. The molecule has 12 nitrogen and oxygen atoms in total. The zero-order chi connectivity index (χ0) is 48.7. The normalized spacial score (nSPS) is 24.0. The van der Waals surface area contributed by atoms with Crippen molar-refractivity contribution in [3.05, 3.63) is 116 Å². The lowest BCUT2D eigenvalue weighted by Crippen LogP contribution is -2.62. The highest BCUT2D eigenvalue weighted by Gasteiger charge is 2.51. The number of ether oxygens (including phenoxy) is 3. The maximum absolute atomic E-state index is 13.7. The van der Waals surface area contributed by atoms with E-state index in [1.54, 1.807) is 62.1 Å². The average molecular weight is 999 g/mol. The summed E-state index contributed by atoms with van der Waals surface area (Å²) < 4.78 is 17.6. The van der Waals surface area contributed by atoms with Gasteiger partial charge in [0.15, 0.2) is 12.2 Å². The Balaban J connectivity index is 0.000000203. The summed E-state index contributed by atoms with van der Waals surface area (Å²) in [6, 6.07) is 25.3. The number of carbonyl (C=O) groups excluding carboxylic acids is 3. The van der Waals surface area contributed by atoms with Gasteiger partial charge in [-0.3, -0.25) is 14.5 Å². The maximum Gasteiger partial charge on any atom is 0.415 e. The van der Waals surface area contributed by atoms with E-state index in [4.69, 9.17) is 60.6 Å². The summed E-state index contributed by atoms with van der Waals surface area (Å²) >= 11 is 24.2. The lowest BCUT2D eigenvalue weighted by Gasteiger charge is -2.51. The molecular formula is C51H60Cl4N4O8. The van der Waals surface area contributed by atoms with Crippen LogP contribution in [0.15, 0.2) is 84.9 Å². The van der Waals surface area contributed by atoms with E-state index in [1.165, 1.54) is 4.90 Å². The van der Waals surface area contributed by atoms with Crippen LogP contribution in [0.5, 0.6) is 11.5 Å². The summed E-state index contributed by atoms with van der Waals surface area (Å²) in [5.41, 5.74) is -0.421. The number of hydrogen-bond donors (Lipinski definition) is 3. The number of amides is 3. The van der Waals surface area contributed by atoms with Crippen molar-refractivity contribution in [1.82, 2.24) is 9.80 Å². The molecular weight excluding hydrogens is 938 g/mol. The lowest BCUT2D eigenvalue weighted by atomic mass is 9.67. The highest BCUT2D eigenvalue weighted by molar-refractivity contribution is 6.31. The Hall–Kier alpha value is -4.43. The zero-order valence-electron chi connectivity index (χ0n) is 39.0. The number of nitrogens with one attached hydrogen (secondary N) is 1. The van der Waals surface area contributed by atoms with Gasteiger partial charge in [-0.1, -0.05) is 98.4 Å². The van der Waals surface area contributed by atoms with E-state index in [0.717, 1.165) is 16.8 Å². The standard InChI is InChI=1S/C28H34Cl2N2O5.C23H26Cl2N2O3/c1-26(2,3)37-25(34)32-16-23(36-22-11-10-20(30)14-21(22)32)24(33)31-13-12-28(35,27(4,5)17-31)15-18-6-8-19(29)9-7-18;1-22(2)14-27(10-9-23(22,29)12-15-3-5-16(24)6-4-15)21(28)20-13-26-18-11-17(25)7-8-19(18)30-20/h6-11,14,23,35H,12-13,15-17H2,1-5H3;3-8,11,20,26,29H,9-10,12-14H2,1-2H3. The van der Waals surface area contributed by atoms with Crippen molar-refractivity contribution in [1.29, 1.82) is 0 Å². The van der Waals surface area contributed by atoms with Crippen molar-refractivity contribution in [3.63, 3.8) is 0 Å². The second kappa shape index (κ2) is 19.5. The van der Waals surface area contributed by atoms with Gasteiger partial charge in [-0.25, -0.2) is 4.79 Å². The van der Waals surface area contributed by atoms with Crippen molar-refractivity contribution < 1.29 is 38.8 Å². The number of benzene rings is 4. The largest absolute Gasteiger partial charge is 0.477 e. The summed E-state index contributed by atoms with van der Waals surface area (Å²) in [7, 11) is 0. The molecule has 4 unspecified atom stereocenters. The van der Waals surface area contributed by atoms with Gasteiger partial charge in [0, 0.05) is 69.9 Å². The molecule has 16 heteroatoms. The van der Waals surface area contributed by atoms with Crippen molar-refractivity contribution in [2.24, 2.45) is 10.8 Å². The highest BCUT2D eigenvalue weighted by atomic mass is 35.5. The van der Waals surface area contributed by atoms with E-state index >= 15 is 0 Å². The van der Waals surface area contributed by atoms with Gasteiger partial charge in [-0.15, -0.1) is 0 Å². The fourth-order valence-corrected chi connectivity index (χ4v) is 9.79. The summed E-state index contributed by atoms with van der Waals surface area (Å²) in [5.74, 6) is 0.704. The molecule has 360 valence electrons. The number of anilines is 2. The molecule has 0 spiro atoms. The van der Waals surface area contributed by atoms with Gasteiger partial charge in [0.05, 0.1) is 35.7 Å². The Bertz CT molecular complexity index is 2460. The number of nitrogens with zero attached hydrogens (tertiary/aromatic N) is 3. The first-order valence-corrected chi connectivity index (χ1v) is 24.0. The molecule has 4 aromatic rings. The van der Waals surface area contributed by atoms with Crippen molar-refractivity contribution in [2.45, 2.75) is 103 Å². The highest BCUT2D eigenvalue weighted by Crippen LogP contribution is 2.44. The van der Waals surface area contributed by atoms with Crippen LogP contribution in [-0.4, -0.2) is 106 Å². The molecule has 2 fully saturated rings. The van der Waals surface area contributed by atoms with E-state index in [0.29, 0.717) is 95.7 Å². The van der Waals surface area contributed by atoms with Crippen molar-refractivity contribution in [3.8, 4) is 11.5 Å². The Labute approximate surface area is 413 Å². The van der Waals surface area contributed by atoms with E-state index < -0.39 is 45.9 Å². The van der Waals surface area contributed by atoms with Crippen LogP contribution >= 0.6 is 46.4 Å². The first-order chi connectivity index (χ1) is 31.3. The smallest absolute Gasteiger partial charge is 0.415 e. The number of likely N-dealkylation sites (tertiary alicyclic amines) is 2. The van der Waals surface area contributed by atoms with Crippen LogP contribution in [0.4, 0.5) is 16.2 Å². The van der Waals surface area contributed by atoms with Crippen LogP contribution in [0.25, 0.3) is 0 Å². The first kappa shape index (κ1) is 50.4. The number of hydrogen-bond acceptors (Lipinski definition) is 9. The summed E-state index contributed by atoms with van der Waals surface area (Å²) in [5, 5.41) is 28.7. The van der Waals surface area contributed by atoms with Gasteiger partial charge in [0.25, 0.3) is 11.8 Å². The molecule has 4 aliphatic heterocycles. The van der Waals surface area contributed by atoms with Gasteiger partial charge >= 0.3 is 6.09 Å². The molecule has 0 saturated carbocycles. The summed E-state index contributed by atoms with van der Waals surface area (Å²) in [6.07, 6.45) is -0.206. The third kappa shape index (κ3) is 11.5. The Kier molecular flexibility index (Phi) is 14.7. The van der Waals surface area contributed by atoms with Crippen LogP contribution < -0.4 is 19.7 Å². The topological polar surface area (TPSA) is 141 Å². The van der Waals surface area contributed by atoms with Crippen LogP contribution in [-0.2, 0) is 27.2 Å². The minimum absolute atomic E-state index is 0.00688. The predicted molar refractivity (Wildman–Crippen MR) is 264 cm³/mol. The number of rotatable bonds is 6. The third-order valence-corrected chi connectivity index (χ3v) is 14.4. The molecule has 4 aliphatic rings. The molecule has 4 atom stereocenters. The minimum atomic E-state index is -1.00. The molecule has 4 heterocycles. The van der Waals surface area contributed by atoms with E-state index in [1.807, 2.05) is 81.1 Å². The van der Waals surface area contributed by atoms with Crippen LogP contribution in [0, 0.1) is 10.8 Å². The molecule has 3 amide bonds. The first-order valence-electron chi connectivity index (χ1n) is 22.5. The molecule has 67 heavy (non-hydrogen) atoms. The van der Waals surface area contributed by atoms with Gasteiger partial charge in [-0.05, 0) is 105 Å². The van der Waals surface area contributed by atoms with E-state index in [9.17, 15) is 24.6 Å². The van der Waals surface area contributed by atoms with E-state index in [-0.39, 0.29) is 18.4 Å². The second-order valence-electron chi connectivity index (χ2n) is 20.4. The summed E-state index contributed by atoms with van der Waals surface area (Å²) in [4.78, 5) is 44.8. The molecule has 2 saturated heterocycles. The van der Waals surface area contributed by atoms with Gasteiger partial charge in [-0.2, -0.15) is 0 Å². The Morgan fingerprint density at radius 1 is 0.672 bits per heavy atom. The SMILES string of the molecule is CC(C)(C)OC(=O)N1CC(C(=O)N2CCC(O)(Cc3ccc(Cl)cc3)C(C)(C)C2)Oc2ccc(Cl)cc21.CC1(C)CN(C(=O)C2CNc3cc(Cl)ccc3O2)CCC1(O)Cc1ccc(Cl)cc1. The summed E-state index contributed by atoms with van der Waals surface area (Å²) in [6.45, 7) is 15.4. The lowest BCUT2D eigenvalue weighted by molar-refractivity contribution is -0.157. The molecule has 0 aliphatic carbocycles. The average Bonchev–Trinajstić information content (AvgIpc) is 3.26. The van der Waals surface area contributed by atoms with Crippen LogP contribution in [0.1, 0.15) is 72.4 Å². The van der Waals surface area contributed by atoms with Gasteiger partial charge in [0.1, 0.15) is 17.1 Å². The quantitative estimate of drug-likeness (QED) is 0.172. The third-order valence-electron chi connectivity index (χ3n) is 13.4. The number of halogens is 4. The van der Waals surface area contributed by atoms with Crippen molar-refractivity contribution >= 4 is 75.7 Å². The van der Waals surface area contributed by atoms with Gasteiger partial charge in [0.2, 0.25) is 0 Å². The minimum Gasteiger partial charge on any atom is -0.477 e. The monoisotopic (exact) mass is 996 g/mol. The Morgan fingerprint density at radius 3 is 1.61 bits per heavy atom. The molecule has 0 radical (unpaired) electrons. The van der Waals surface area contributed by atoms with E-state index in [2.05, 4.69) is 5.32 Å². The molecule has 3 N–H and O–H groups in total. The number of carbonyl (C=O) groups is 3. The van der Waals surface area contributed by atoms with Crippen molar-refractivity contribution in [2.75, 3.05) is 49.5 Å². The number of piperidine rings is 2. The molecule has 4 aromatic carbocycles. The maximum atomic E-state index is 13.7. The van der Waals surface area contributed by atoms with Gasteiger partial charge < -0.3 is 39.5 Å². The molecule has 8 rings (SSSR count). The number of aliphatic hydroxyl groups is 2. The number of fused-ring (bicyclic) bond motifs is 2. The van der Waals surface area contributed by atoms with Crippen LogP contribution in [0.3, 0.4) is 0 Å². The fourth-order valence-electron chi connectivity index (χ4n) is 9.19. The second-order valence-corrected chi connectivity index (χ2v) is 22.1.